The second kappa shape index (κ2) is 12.2. The van der Waals surface area contributed by atoms with E-state index in [1.165, 1.54) is 10.9 Å². The molecule has 0 fully saturated rings. The van der Waals surface area contributed by atoms with E-state index < -0.39 is 5.82 Å². The third-order valence-electron chi connectivity index (χ3n) is 6.81. The fourth-order valence-corrected chi connectivity index (χ4v) is 5.45. The first-order valence-corrected chi connectivity index (χ1v) is 13.5. The number of methoxy groups -OCH3 is 1. The van der Waals surface area contributed by atoms with Crippen molar-refractivity contribution in [3.05, 3.63) is 81.8 Å². The average Bonchev–Trinajstić information content (AvgIpc) is 3.40. The molecular weight excluding hydrogens is 491 g/mol. The van der Waals surface area contributed by atoms with Gasteiger partial charge in [-0.2, -0.15) is 0 Å². The predicted molar refractivity (Wildman–Crippen MR) is 143 cm³/mol. The zero-order valence-corrected chi connectivity index (χ0v) is 22.3. The lowest BCUT2D eigenvalue weighted by atomic mass is 10.00. The van der Waals surface area contributed by atoms with E-state index in [4.69, 9.17) is 9.47 Å². The maximum atomic E-state index is 14.2. The number of halogens is 1. The smallest absolute Gasteiger partial charge is 0.254 e. The highest BCUT2D eigenvalue weighted by Crippen LogP contribution is 2.34. The van der Waals surface area contributed by atoms with Gasteiger partial charge in [0, 0.05) is 23.5 Å². The second-order valence-corrected chi connectivity index (χ2v) is 10.3. The zero-order chi connectivity index (χ0) is 26.4. The Morgan fingerprint density at radius 3 is 2.76 bits per heavy atom. The van der Waals surface area contributed by atoms with Crippen LogP contribution in [0.3, 0.4) is 0 Å². The van der Waals surface area contributed by atoms with E-state index in [2.05, 4.69) is 13.8 Å². The van der Waals surface area contributed by atoms with Gasteiger partial charge in [-0.3, -0.25) is 9.59 Å². The van der Waals surface area contributed by atoms with Gasteiger partial charge in [-0.15, -0.1) is 11.3 Å². The van der Waals surface area contributed by atoms with E-state index >= 15 is 0 Å². The summed E-state index contributed by atoms with van der Waals surface area (Å²) in [6, 6.07) is 14.9. The number of para-hydroxylation sites is 1. The molecule has 8 heteroatoms. The van der Waals surface area contributed by atoms with E-state index in [1.54, 1.807) is 70.7 Å². The molecule has 0 saturated heterocycles. The van der Waals surface area contributed by atoms with E-state index in [0.717, 1.165) is 18.4 Å². The van der Waals surface area contributed by atoms with Crippen molar-refractivity contribution in [1.29, 1.82) is 0 Å². The lowest BCUT2D eigenvalue weighted by Crippen LogP contribution is -2.48. The predicted octanol–water partition coefficient (Wildman–Crippen LogP) is 5.59. The summed E-state index contributed by atoms with van der Waals surface area (Å²) < 4.78 is 25.4. The van der Waals surface area contributed by atoms with Crippen LogP contribution in [0.15, 0.2) is 60.0 Å². The maximum Gasteiger partial charge on any atom is 0.254 e. The minimum absolute atomic E-state index is 0.0456. The van der Waals surface area contributed by atoms with Crippen LogP contribution in [-0.2, 0) is 11.2 Å². The monoisotopic (exact) mass is 524 g/mol. The number of rotatable bonds is 10. The van der Waals surface area contributed by atoms with Crippen LogP contribution < -0.4 is 9.47 Å². The van der Waals surface area contributed by atoms with Crippen molar-refractivity contribution in [3.8, 4) is 11.5 Å². The van der Waals surface area contributed by atoms with Crippen LogP contribution in [0.1, 0.15) is 47.1 Å². The molecular formula is C29H33FN2O4S. The maximum absolute atomic E-state index is 14.2. The molecule has 2 amide bonds. The first-order chi connectivity index (χ1) is 17.9. The summed E-state index contributed by atoms with van der Waals surface area (Å²) in [5, 5.41) is 2.01. The molecule has 37 heavy (non-hydrogen) atoms. The topological polar surface area (TPSA) is 59.1 Å². The third-order valence-corrected chi connectivity index (χ3v) is 7.80. The zero-order valence-electron chi connectivity index (χ0n) is 21.5. The number of nitrogens with zero attached hydrogens (tertiary/aromatic N) is 2. The first kappa shape index (κ1) is 26.7. The van der Waals surface area contributed by atoms with Crippen LogP contribution in [0, 0.1) is 11.7 Å². The van der Waals surface area contributed by atoms with Gasteiger partial charge in [-0.05, 0) is 59.7 Å². The lowest BCUT2D eigenvalue weighted by Gasteiger charge is -2.37. The Kier molecular flexibility index (Phi) is 8.82. The summed E-state index contributed by atoms with van der Waals surface area (Å²) >= 11 is 1.65. The molecule has 2 atom stereocenters. The largest absolute Gasteiger partial charge is 0.497 e. The quantitative estimate of drug-likeness (QED) is 0.347. The average molecular weight is 525 g/mol. The summed E-state index contributed by atoms with van der Waals surface area (Å²) in [4.78, 5) is 31.9. The van der Waals surface area contributed by atoms with Gasteiger partial charge in [-0.25, -0.2) is 4.39 Å². The van der Waals surface area contributed by atoms with E-state index in [0.29, 0.717) is 24.4 Å². The second-order valence-electron chi connectivity index (χ2n) is 9.32. The molecule has 1 aliphatic rings. The number of ether oxygens (including phenoxy) is 2. The molecule has 0 radical (unpaired) electrons. The van der Waals surface area contributed by atoms with E-state index in [9.17, 15) is 14.0 Å². The van der Waals surface area contributed by atoms with Crippen LogP contribution in [0.4, 0.5) is 4.39 Å². The van der Waals surface area contributed by atoms with Crippen LogP contribution in [-0.4, -0.2) is 55.0 Å². The van der Waals surface area contributed by atoms with Gasteiger partial charge >= 0.3 is 0 Å². The number of carbonyl (C=O) groups excluding carboxylic acids is 2. The molecule has 196 valence electrons. The third kappa shape index (κ3) is 6.31. The highest BCUT2D eigenvalue weighted by atomic mass is 32.1. The number of amides is 2. The molecule has 0 spiro atoms. The standard InChI is InChI=1S/C29H33FN2O4S/c1-4-20(2)17-31(29(34)21-8-7-9-22(16-21)35-3)18-28(33)32-14-12-27-23(13-15-37-27)25(32)19-36-26-11-6-5-10-24(26)30/h5-11,13,15-16,20,25H,4,12,14,17-19H2,1-3H3/t20-,25+/m1/s1. The van der Waals surface area contributed by atoms with Gasteiger partial charge < -0.3 is 19.3 Å². The molecule has 0 saturated carbocycles. The Bertz CT molecular complexity index is 1230. The van der Waals surface area contributed by atoms with Crippen molar-refractivity contribution < 1.29 is 23.5 Å². The van der Waals surface area contributed by atoms with Crippen molar-refractivity contribution in [2.75, 3.05) is 33.4 Å². The Labute approximate surface area is 221 Å². The van der Waals surface area contributed by atoms with Crippen LogP contribution in [0.5, 0.6) is 11.5 Å². The minimum Gasteiger partial charge on any atom is -0.497 e. The SMILES string of the molecule is CC[C@@H](C)CN(CC(=O)N1CCc2sccc2[C@@H]1COc1ccccc1F)C(=O)c1cccc(OC)c1. The fourth-order valence-electron chi connectivity index (χ4n) is 4.52. The lowest BCUT2D eigenvalue weighted by molar-refractivity contribution is -0.135. The Morgan fingerprint density at radius 2 is 2.00 bits per heavy atom. The van der Waals surface area contributed by atoms with Gasteiger partial charge in [0.15, 0.2) is 11.6 Å². The molecule has 1 aromatic heterocycles. The number of carbonyl (C=O) groups is 2. The molecule has 3 aromatic rings. The van der Waals surface area contributed by atoms with Crippen molar-refractivity contribution in [3.63, 3.8) is 0 Å². The van der Waals surface area contributed by atoms with E-state index in [-0.39, 0.29) is 42.7 Å². The Balaban J connectivity index is 1.56. The first-order valence-electron chi connectivity index (χ1n) is 12.6. The van der Waals surface area contributed by atoms with Crippen molar-refractivity contribution in [2.24, 2.45) is 5.92 Å². The summed E-state index contributed by atoms with van der Waals surface area (Å²) in [5.74, 6) is 0.173. The van der Waals surface area contributed by atoms with Crippen LogP contribution in [0.2, 0.25) is 0 Å². The number of fused-ring (bicyclic) bond motifs is 1. The molecule has 0 N–H and O–H groups in total. The highest BCUT2D eigenvalue weighted by molar-refractivity contribution is 7.10. The molecule has 4 rings (SSSR count). The molecule has 6 nitrogen and oxygen atoms in total. The van der Waals surface area contributed by atoms with Gasteiger partial charge in [0.1, 0.15) is 18.9 Å². The Hall–Kier alpha value is -3.39. The summed E-state index contributed by atoms with van der Waals surface area (Å²) in [5.41, 5.74) is 1.50. The molecule has 1 aliphatic heterocycles. The number of thiophene rings is 1. The molecule has 0 unspecified atom stereocenters. The molecule has 0 aliphatic carbocycles. The molecule has 0 bridgehead atoms. The summed E-state index contributed by atoms with van der Waals surface area (Å²) in [6.07, 6.45) is 1.63. The van der Waals surface area contributed by atoms with Crippen molar-refractivity contribution in [1.82, 2.24) is 9.80 Å². The normalized spacial score (nSPS) is 15.6. The number of hydrogen-bond donors (Lipinski definition) is 0. The minimum atomic E-state index is -0.439. The number of hydrogen-bond acceptors (Lipinski definition) is 5. The Morgan fingerprint density at radius 1 is 1.19 bits per heavy atom. The van der Waals surface area contributed by atoms with Crippen LogP contribution >= 0.6 is 11.3 Å². The van der Waals surface area contributed by atoms with Gasteiger partial charge in [0.25, 0.3) is 5.91 Å². The molecule has 2 aromatic carbocycles. The number of benzene rings is 2. The fraction of sp³-hybridized carbons (Fsp3) is 0.379. The van der Waals surface area contributed by atoms with Crippen molar-refractivity contribution >= 4 is 23.2 Å². The van der Waals surface area contributed by atoms with Crippen molar-refractivity contribution in [2.45, 2.75) is 32.7 Å². The summed E-state index contributed by atoms with van der Waals surface area (Å²) in [7, 11) is 1.56. The van der Waals surface area contributed by atoms with Crippen LogP contribution in [0.25, 0.3) is 0 Å². The van der Waals surface area contributed by atoms with Gasteiger partial charge in [-0.1, -0.05) is 38.5 Å². The molecule has 2 heterocycles. The van der Waals surface area contributed by atoms with Gasteiger partial charge in [0.2, 0.25) is 5.91 Å². The van der Waals surface area contributed by atoms with E-state index in [1.807, 2.05) is 11.4 Å². The van der Waals surface area contributed by atoms with Gasteiger partial charge in [0.05, 0.1) is 13.2 Å². The summed E-state index contributed by atoms with van der Waals surface area (Å²) in [6.45, 7) is 5.20. The highest BCUT2D eigenvalue weighted by Gasteiger charge is 2.34.